The van der Waals surface area contributed by atoms with Crippen LogP contribution in [-0.2, 0) is 9.53 Å². The second-order valence-electron chi connectivity index (χ2n) is 5.71. The summed E-state index contributed by atoms with van der Waals surface area (Å²) in [7, 11) is 0. The van der Waals surface area contributed by atoms with Crippen LogP contribution in [0.2, 0.25) is 5.02 Å². The third-order valence-electron chi connectivity index (χ3n) is 3.83. The first-order valence-corrected chi connectivity index (χ1v) is 10.6. The first-order valence-electron chi connectivity index (χ1n) is 8.14. The number of amides is 1. The van der Waals surface area contributed by atoms with Gasteiger partial charge in [-0.2, -0.15) is 0 Å². The average Bonchev–Trinajstić information content (AvgIpc) is 3.18. The van der Waals surface area contributed by atoms with Crippen LogP contribution in [-0.4, -0.2) is 29.5 Å². The maximum absolute atomic E-state index is 12.3. The van der Waals surface area contributed by atoms with Crippen LogP contribution in [0.15, 0.2) is 48.5 Å². The third kappa shape index (κ3) is 4.75. The molecule has 0 spiro atoms. The van der Waals surface area contributed by atoms with Crippen molar-refractivity contribution in [3.63, 3.8) is 0 Å². The third-order valence-corrected chi connectivity index (χ3v) is 7.26. The fourth-order valence-corrected chi connectivity index (χ4v) is 5.45. The standard InChI is InChI=1S/C19H18ClNO3S2/c1-12(17(22)21-16-5-3-2-4-15(16)20)24-18(23)13-6-8-14(9-7-13)19-25-10-11-26-19/h2-9,12,19H,10-11H2,1H3,(H,21,22)/t12-/m0/s1. The normalized spacial score (nSPS) is 15.5. The summed E-state index contributed by atoms with van der Waals surface area (Å²) in [6, 6.07) is 14.3. The highest BCUT2D eigenvalue weighted by atomic mass is 35.5. The Morgan fingerprint density at radius 1 is 1.12 bits per heavy atom. The number of para-hydroxylation sites is 1. The molecule has 7 heteroatoms. The summed E-state index contributed by atoms with van der Waals surface area (Å²) in [5, 5.41) is 3.09. The molecule has 4 nitrogen and oxygen atoms in total. The molecule has 1 fully saturated rings. The monoisotopic (exact) mass is 407 g/mol. The first-order chi connectivity index (χ1) is 12.5. The number of rotatable bonds is 5. The van der Waals surface area contributed by atoms with Gasteiger partial charge in [-0.1, -0.05) is 35.9 Å². The summed E-state index contributed by atoms with van der Waals surface area (Å²) in [4.78, 5) is 24.5. The number of halogens is 1. The number of hydrogen-bond donors (Lipinski definition) is 1. The molecule has 26 heavy (non-hydrogen) atoms. The molecule has 0 unspecified atom stereocenters. The van der Waals surface area contributed by atoms with E-state index in [0.29, 0.717) is 20.9 Å². The second kappa shape index (κ2) is 8.84. The molecule has 1 aliphatic heterocycles. The van der Waals surface area contributed by atoms with E-state index in [0.717, 1.165) is 11.5 Å². The van der Waals surface area contributed by atoms with Gasteiger partial charge in [0, 0.05) is 11.5 Å². The molecule has 1 aliphatic rings. The quantitative estimate of drug-likeness (QED) is 0.706. The van der Waals surface area contributed by atoms with Crippen LogP contribution >= 0.6 is 35.1 Å². The number of ether oxygens (including phenoxy) is 1. The molecule has 1 heterocycles. The smallest absolute Gasteiger partial charge is 0.338 e. The molecule has 3 rings (SSSR count). The van der Waals surface area contributed by atoms with Crippen molar-refractivity contribution in [3.05, 3.63) is 64.7 Å². The number of benzene rings is 2. The topological polar surface area (TPSA) is 55.4 Å². The maximum Gasteiger partial charge on any atom is 0.338 e. The first kappa shape index (κ1) is 19.1. The number of nitrogens with one attached hydrogen (secondary N) is 1. The van der Waals surface area contributed by atoms with Gasteiger partial charge >= 0.3 is 5.97 Å². The lowest BCUT2D eigenvalue weighted by Gasteiger charge is -2.14. The molecule has 1 amide bonds. The molecule has 0 radical (unpaired) electrons. The summed E-state index contributed by atoms with van der Waals surface area (Å²) in [5.41, 5.74) is 2.11. The van der Waals surface area contributed by atoms with E-state index in [2.05, 4.69) is 5.32 Å². The van der Waals surface area contributed by atoms with Gasteiger partial charge < -0.3 is 10.1 Å². The molecule has 2 aromatic rings. The number of thioether (sulfide) groups is 2. The number of carbonyl (C=O) groups is 2. The molecule has 136 valence electrons. The number of hydrogen-bond acceptors (Lipinski definition) is 5. The van der Waals surface area contributed by atoms with Gasteiger partial charge in [-0.05, 0) is 36.8 Å². The van der Waals surface area contributed by atoms with Crippen LogP contribution < -0.4 is 5.32 Å². The van der Waals surface area contributed by atoms with E-state index in [1.165, 1.54) is 12.5 Å². The van der Waals surface area contributed by atoms with E-state index >= 15 is 0 Å². The Labute approximate surface area is 166 Å². The fraction of sp³-hybridized carbons (Fsp3) is 0.263. The SMILES string of the molecule is C[C@H](OC(=O)c1ccc(C2SCCS2)cc1)C(=O)Nc1ccccc1Cl. The molecule has 0 bridgehead atoms. The molecular formula is C19H18ClNO3S2. The number of anilines is 1. The molecule has 1 atom stereocenters. The molecule has 1 saturated heterocycles. The molecule has 0 aromatic heterocycles. The average molecular weight is 408 g/mol. The van der Waals surface area contributed by atoms with Gasteiger partial charge in [0.2, 0.25) is 0 Å². The van der Waals surface area contributed by atoms with E-state index < -0.39 is 18.0 Å². The lowest BCUT2D eigenvalue weighted by molar-refractivity contribution is -0.123. The van der Waals surface area contributed by atoms with Crippen LogP contribution in [0.4, 0.5) is 5.69 Å². The predicted molar refractivity (Wildman–Crippen MR) is 109 cm³/mol. The zero-order chi connectivity index (χ0) is 18.5. The molecule has 0 aliphatic carbocycles. The van der Waals surface area contributed by atoms with Crippen molar-refractivity contribution < 1.29 is 14.3 Å². The van der Waals surface area contributed by atoms with Crippen LogP contribution in [0.3, 0.4) is 0 Å². The number of esters is 1. The maximum atomic E-state index is 12.3. The second-order valence-corrected chi connectivity index (χ2v) is 8.84. The van der Waals surface area contributed by atoms with Gasteiger partial charge in [-0.15, -0.1) is 23.5 Å². The van der Waals surface area contributed by atoms with E-state index in [1.807, 2.05) is 35.7 Å². The summed E-state index contributed by atoms with van der Waals surface area (Å²) in [5.74, 6) is 1.35. The Kier molecular flexibility index (Phi) is 6.51. The van der Waals surface area contributed by atoms with Crippen molar-refractivity contribution in [1.82, 2.24) is 0 Å². The summed E-state index contributed by atoms with van der Waals surface area (Å²) < 4.78 is 5.70. The molecular weight excluding hydrogens is 390 g/mol. The Bertz CT molecular complexity index is 792. The minimum Gasteiger partial charge on any atom is -0.449 e. The molecule has 0 saturated carbocycles. The summed E-state index contributed by atoms with van der Waals surface area (Å²) in [6.45, 7) is 1.53. The van der Waals surface area contributed by atoms with Crippen molar-refractivity contribution in [2.75, 3.05) is 16.8 Å². The highest BCUT2D eigenvalue weighted by Gasteiger charge is 2.21. The van der Waals surface area contributed by atoms with E-state index in [-0.39, 0.29) is 0 Å². The van der Waals surface area contributed by atoms with Crippen LogP contribution in [0.25, 0.3) is 0 Å². The van der Waals surface area contributed by atoms with Gasteiger partial charge in [0.15, 0.2) is 6.10 Å². The van der Waals surface area contributed by atoms with Gasteiger partial charge in [0.05, 0.1) is 20.9 Å². The summed E-state index contributed by atoms with van der Waals surface area (Å²) >= 11 is 9.84. The highest BCUT2D eigenvalue weighted by Crippen LogP contribution is 2.45. The van der Waals surface area contributed by atoms with E-state index in [4.69, 9.17) is 16.3 Å². The van der Waals surface area contributed by atoms with Gasteiger partial charge in [0.25, 0.3) is 5.91 Å². The predicted octanol–water partition coefficient (Wildman–Crippen LogP) is 5.00. The van der Waals surface area contributed by atoms with E-state index in [1.54, 1.807) is 36.4 Å². The number of carbonyl (C=O) groups excluding carboxylic acids is 2. The van der Waals surface area contributed by atoms with Crippen molar-refractivity contribution in [2.24, 2.45) is 0 Å². The molecule has 1 N–H and O–H groups in total. The Hall–Kier alpha value is -1.63. The highest BCUT2D eigenvalue weighted by molar-refractivity contribution is 8.19. The largest absolute Gasteiger partial charge is 0.449 e. The van der Waals surface area contributed by atoms with Crippen molar-refractivity contribution in [2.45, 2.75) is 17.6 Å². The Balaban J connectivity index is 1.58. The Morgan fingerprint density at radius 2 is 1.77 bits per heavy atom. The van der Waals surface area contributed by atoms with Crippen molar-refractivity contribution >= 4 is 52.7 Å². The van der Waals surface area contributed by atoms with Crippen LogP contribution in [0, 0.1) is 0 Å². The van der Waals surface area contributed by atoms with Crippen molar-refractivity contribution in [1.29, 1.82) is 0 Å². The lowest BCUT2D eigenvalue weighted by Crippen LogP contribution is -2.30. The minimum absolute atomic E-state index is 0.428. The summed E-state index contributed by atoms with van der Waals surface area (Å²) in [6.07, 6.45) is -0.931. The zero-order valence-corrected chi connectivity index (χ0v) is 16.5. The van der Waals surface area contributed by atoms with Crippen LogP contribution in [0.1, 0.15) is 27.4 Å². The fourth-order valence-electron chi connectivity index (χ4n) is 2.41. The van der Waals surface area contributed by atoms with Gasteiger partial charge in [-0.3, -0.25) is 4.79 Å². The zero-order valence-electron chi connectivity index (χ0n) is 14.1. The van der Waals surface area contributed by atoms with Crippen LogP contribution in [0.5, 0.6) is 0 Å². The van der Waals surface area contributed by atoms with E-state index in [9.17, 15) is 9.59 Å². The minimum atomic E-state index is -0.931. The Morgan fingerprint density at radius 3 is 2.42 bits per heavy atom. The lowest BCUT2D eigenvalue weighted by atomic mass is 10.1. The van der Waals surface area contributed by atoms with Gasteiger partial charge in [0.1, 0.15) is 0 Å². The van der Waals surface area contributed by atoms with Crippen molar-refractivity contribution in [3.8, 4) is 0 Å². The van der Waals surface area contributed by atoms with Gasteiger partial charge in [-0.25, -0.2) is 4.79 Å². The molecule has 2 aromatic carbocycles.